The van der Waals surface area contributed by atoms with E-state index in [2.05, 4.69) is 10.2 Å². The van der Waals surface area contributed by atoms with E-state index in [9.17, 15) is 4.79 Å². The van der Waals surface area contributed by atoms with Crippen molar-refractivity contribution in [1.82, 2.24) is 0 Å². The van der Waals surface area contributed by atoms with Crippen LogP contribution in [0.3, 0.4) is 0 Å². The lowest BCUT2D eigenvalue weighted by molar-refractivity contribution is -0.121. The quantitative estimate of drug-likeness (QED) is 0.731. The molecule has 0 aromatic heterocycles. The third-order valence-electron chi connectivity index (χ3n) is 4.64. The molecule has 0 unspecified atom stereocenters. The first kappa shape index (κ1) is 14.6. The number of Topliss-reactive ketones (excluding diaryl/α,β-unsaturated/α-hetero) is 1. The van der Waals surface area contributed by atoms with Crippen molar-refractivity contribution in [3.63, 3.8) is 0 Å². The van der Waals surface area contributed by atoms with Gasteiger partial charge in [0.1, 0.15) is 5.78 Å². The van der Waals surface area contributed by atoms with Crippen molar-refractivity contribution in [2.24, 2.45) is 16.1 Å². The molecule has 4 heteroatoms. The van der Waals surface area contributed by atoms with Crippen LogP contribution in [0.5, 0.6) is 0 Å². The zero-order valence-electron chi connectivity index (χ0n) is 12.2. The number of hydrogen-bond acceptors (Lipinski definition) is 4. The van der Waals surface area contributed by atoms with Crippen LogP contribution in [0.2, 0.25) is 0 Å². The molecule has 0 atom stereocenters. The minimum atomic E-state index is 0.281. The van der Waals surface area contributed by atoms with Crippen LogP contribution in [0.1, 0.15) is 58.3 Å². The molecule has 108 valence electrons. The molecule has 0 aliphatic heterocycles. The topological polar surface area (TPSA) is 51.0 Å². The zero-order chi connectivity index (χ0) is 13.7. The number of methoxy groups -OCH3 is 1. The van der Waals surface area contributed by atoms with Gasteiger partial charge in [-0.1, -0.05) is 0 Å². The van der Waals surface area contributed by atoms with Crippen LogP contribution < -0.4 is 0 Å². The van der Waals surface area contributed by atoms with Crippen molar-refractivity contribution in [3.05, 3.63) is 0 Å². The molecule has 2 aliphatic rings. The first-order valence-electron chi connectivity index (χ1n) is 7.62. The third-order valence-corrected chi connectivity index (χ3v) is 4.64. The summed E-state index contributed by atoms with van der Waals surface area (Å²) in [4.78, 5) is 11.3. The van der Waals surface area contributed by atoms with Gasteiger partial charge >= 0.3 is 0 Å². The molecule has 2 aliphatic carbocycles. The summed E-state index contributed by atoms with van der Waals surface area (Å²) in [6.45, 7) is 1.71. The van der Waals surface area contributed by atoms with Gasteiger partial charge in [-0.15, -0.1) is 0 Å². The Hall–Kier alpha value is -0.770. The van der Waals surface area contributed by atoms with Crippen LogP contribution >= 0.6 is 0 Å². The molecule has 0 heterocycles. The molecule has 0 bridgehead atoms. The highest BCUT2D eigenvalue weighted by Gasteiger charge is 2.25. The second-order valence-electron chi connectivity index (χ2n) is 6.01. The van der Waals surface area contributed by atoms with Gasteiger partial charge in [-0.2, -0.15) is 10.2 Å². The Labute approximate surface area is 116 Å². The Kier molecular flexibility index (Phi) is 5.49. The van der Waals surface area contributed by atoms with E-state index >= 15 is 0 Å². The van der Waals surface area contributed by atoms with Gasteiger partial charge in [0.25, 0.3) is 0 Å². The third kappa shape index (κ3) is 4.37. The molecule has 0 amide bonds. The highest BCUT2D eigenvalue weighted by atomic mass is 16.5. The molecule has 4 nitrogen and oxygen atoms in total. The van der Waals surface area contributed by atoms with E-state index < -0.39 is 0 Å². The smallest absolute Gasteiger partial charge is 0.132 e. The maximum absolute atomic E-state index is 11.3. The Bertz CT molecular complexity index is 314. The average Bonchev–Trinajstić information content (AvgIpc) is 2.46. The fourth-order valence-corrected chi connectivity index (χ4v) is 3.18. The Morgan fingerprint density at radius 3 is 1.79 bits per heavy atom. The lowest BCUT2D eigenvalue weighted by atomic mass is 9.84. The van der Waals surface area contributed by atoms with Gasteiger partial charge in [0.05, 0.1) is 18.2 Å². The molecule has 2 saturated carbocycles. The van der Waals surface area contributed by atoms with Gasteiger partial charge < -0.3 is 4.74 Å². The molecule has 0 N–H and O–H groups in total. The number of hydrogen-bond donors (Lipinski definition) is 0. The molecule has 0 spiro atoms. The van der Waals surface area contributed by atoms with E-state index in [1.54, 1.807) is 14.0 Å². The Morgan fingerprint density at radius 2 is 1.37 bits per heavy atom. The number of carbonyl (C=O) groups excluding carboxylic acids is 1. The second kappa shape index (κ2) is 7.13. The van der Waals surface area contributed by atoms with E-state index in [0.717, 1.165) is 51.4 Å². The van der Waals surface area contributed by atoms with Gasteiger partial charge in [0.2, 0.25) is 0 Å². The van der Waals surface area contributed by atoms with Crippen molar-refractivity contribution in [2.75, 3.05) is 7.11 Å². The average molecular weight is 266 g/mol. The second-order valence-corrected chi connectivity index (χ2v) is 6.01. The van der Waals surface area contributed by atoms with Gasteiger partial charge in [-0.25, -0.2) is 0 Å². The summed E-state index contributed by atoms with van der Waals surface area (Å²) in [5, 5.41) is 9.05. The summed E-state index contributed by atoms with van der Waals surface area (Å²) < 4.78 is 5.36. The first-order chi connectivity index (χ1) is 9.19. The summed E-state index contributed by atoms with van der Waals surface area (Å²) in [6.07, 6.45) is 8.90. The van der Waals surface area contributed by atoms with Crippen molar-refractivity contribution in [3.8, 4) is 0 Å². The van der Waals surface area contributed by atoms with Crippen LogP contribution in [0.25, 0.3) is 0 Å². The van der Waals surface area contributed by atoms with E-state index in [4.69, 9.17) is 4.74 Å². The van der Waals surface area contributed by atoms with Crippen LogP contribution in [-0.2, 0) is 9.53 Å². The lowest BCUT2D eigenvalue weighted by Gasteiger charge is -2.26. The fraction of sp³-hybridized carbons (Fsp3) is 0.933. The van der Waals surface area contributed by atoms with Crippen molar-refractivity contribution in [1.29, 1.82) is 0 Å². The summed E-state index contributed by atoms with van der Waals surface area (Å²) in [5.41, 5.74) is 0. The maximum Gasteiger partial charge on any atom is 0.132 e. The predicted molar refractivity (Wildman–Crippen MR) is 74.3 cm³/mol. The summed E-state index contributed by atoms with van der Waals surface area (Å²) in [5.74, 6) is 0.622. The van der Waals surface area contributed by atoms with E-state index in [-0.39, 0.29) is 5.92 Å². The molecule has 0 aromatic rings. The highest BCUT2D eigenvalue weighted by molar-refractivity contribution is 5.78. The lowest BCUT2D eigenvalue weighted by Crippen LogP contribution is -2.24. The minimum absolute atomic E-state index is 0.281. The number of nitrogens with zero attached hydrogens (tertiary/aromatic N) is 2. The monoisotopic (exact) mass is 266 g/mol. The van der Waals surface area contributed by atoms with Gasteiger partial charge in [0.15, 0.2) is 0 Å². The Balaban J connectivity index is 1.71. The number of ether oxygens (including phenoxy) is 1. The van der Waals surface area contributed by atoms with Crippen molar-refractivity contribution < 1.29 is 9.53 Å². The predicted octanol–water partition coefficient (Wildman–Crippen LogP) is 3.54. The molecule has 2 rings (SSSR count). The number of carbonyl (C=O) groups is 1. The number of ketones is 1. The van der Waals surface area contributed by atoms with Crippen LogP contribution in [0, 0.1) is 5.92 Å². The number of azo groups is 1. The highest BCUT2D eigenvalue weighted by Crippen LogP contribution is 2.28. The molecule has 0 saturated heterocycles. The maximum atomic E-state index is 11.3. The zero-order valence-corrected chi connectivity index (χ0v) is 12.2. The van der Waals surface area contributed by atoms with Crippen molar-refractivity contribution in [2.45, 2.75) is 76.5 Å². The molecule has 0 radical (unpaired) electrons. The standard InChI is InChI=1S/C15H26N2O2/c1-11(18)12-3-5-13(6-4-12)16-17-14-7-9-15(19-2)10-8-14/h12-15H,3-10H2,1-2H3. The van der Waals surface area contributed by atoms with Crippen LogP contribution in [0.15, 0.2) is 10.2 Å². The van der Waals surface area contributed by atoms with Gasteiger partial charge in [0, 0.05) is 13.0 Å². The van der Waals surface area contributed by atoms with E-state index in [0.29, 0.717) is 24.0 Å². The van der Waals surface area contributed by atoms with Gasteiger partial charge in [-0.05, 0) is 58.3 Å². The molecule has 0 aromatic carbocycles. The Morgan fingerprint density at radius 1 is 0.895 bits per heavy atom. The van der Waals surface area contributed by atoms with Crippen LogP contribution in [0.4, 0.5) is 0 Å². The molecule has 2 fully saturated rings. The van der Waals surface area contributed by atoms with Crippen LogP contribution in [-0.4, -0.2) is 31.1 Å². The largest absolute Gasteiger partial charge is 0.381 e. The normalized spacial score (nSPS) is 36.5. The summed E-state index contributed by atoms with van der Waals surface area (Å²) in [6, 6.07) is 0.757. The number of rotatable bonds is 4. The summed E-state index contributed by atoms with van der Waals surface area (Å²) >= 11 is 0. The van der Waals surface area contributed by atoms with E-state index in [1.807, 2.05) is 0 Å². The fourth-order valence-electron chi connectivity index (χ4n) is 3.18. The van der Waals surface area contributed by atoms with Gasteiger partial charge in [-0.3, -0.25) is 4.79 Å². The minimum Gasteiger partial charge on any atom is -0.381 e. The first-order valence-corrected chi connectivity index (χ1v) is 7.62. The molecule has 19 heavy (non-hydrogen) atoms. The van der Waals surface area contributed by atoms with Crippen molar-refractivity contribution >= 4 is 5.78 Å². The summed E-state index contributed by atoms with van der Waals surface area (Å²) in [7, 11) is 1.79. The molecular weight excluding hydrogens is 240 g/mol. The SMILES string of the molecule is COC1CCC(N=NC2CCC(C(C)=O)CC2)CC1. The molecular formula is C15H26N2O2. The van der Waals surface area contributed by atoms with E-state index in [1.165, 1.54) is 0 Å².